The SMILES string of the molecule is COC1[CH]OC(C)[C@H](OC)C1OC. The van der Waals surface area contributed by atoms with Crippen LogP contribution >= 0.6 is 0 Å². The summed E-state index contributed by atoms with van der Waals surface area (Å²) in [6.07, 6.45) is -0.341. The van der Waals surface area contributed by atoms with Gasteiger partial charge in [0.25, 0.3) is 0 Å². The van der Waals surface area contributed by atoms with Gasteiger partial charge in [-0.3, -0.25) is 0 Å². The van der Waals surface area contributed by atoms with E-state index in [4.69, 9.17) is 18.9 Å². The average molecular weight is 189 g/mol. The van der Waals surface area contributed by atoms with Crippen molar-refractivity contribution in [3.05, 3.63) is 6.61 Å². The fourth-order valence-electron chi connectivity index (χ4n) is 1.59. The second kappa shape index (κ2) is 4.91. The lowest BCUT2D eigenvalue weighted by Gasteiger charge is -2.38. The second-order valence-electron chi connectivity index (χ2n) is 3.08. The molecule has 0 spiro atoms. The smallest absolute Gasteiger partial charge is 0.116 e. The number of hydrogen-bond donors (Lipinski definition) is 0. The molecule has 1 saturated heterocycles. The van der Waals surface area contributed by atoms with Crippen molar-refractivity contribution in [2.24, 2.45) is 0 Å². The van der Waals surface area contributed by atoms with Crippen molar-refractivity contribution in [1.82, 2.24) is 0 Å². The highest BCUT2D eigenvalue weighted by molar-refractivity contribution is 4.92. The highest BCUT2D eigenvalue weighted by Crippen LogP contribution is 2.24. The van der Waals surface area contributed by atoms with E-state index >= 15 is 0 Å². The van der Waals surface area contributed by atoms with E-state index in [1.54, 1.807) is 27.9 Å². The van der Waals surface area contributed by atoms with Crippen LogP contribution in [0.2, 0.25) is 0 Å². The number of ether oxygens (including phenoxy) is 4. The third kappa shape index (κ3) is 2.20. The summed E-state index contributed by atoms with van der Waals surface area (Å²) in [7, 11) is 4.92. The predicted molar refractivity (Wildman–Crippen MR) is 47.2 cm³/mol. The Morgan fingerprint density at radius 3 is 2.08 bits per heavy atom. The van der Waals surface area contributed by atoms with Crippen molar-refractivity contribution in [1.29, 1.82) is 0 Å². The highest BCUT2D eigenvalue weighted by atomic mass is 16.6. The van der Waals surface area contributed by atoms with Gasteiger partial charge in [-0.1, -0.05) is 0 Å². The molecule has 1 aliphatic heterocycles. The molecule has 0 bridgehead atoms. The zero-order valence-electron chi connectivity index (χ0n) is 8.52. The lowest BCUT2D eigenvalue weighted by atomic mass is 10.0. The topological polar surface area (TPSA) is 36.9 Å². The van der Waals surface area contributed by atoms with Crippen LogP contribution in [0.1, 0.15) is 6.92 Å². The fraction of sp³-hybridized carbons (Fsp3) is 0.889. The Morgan fingerprint density at radius 1 is 1.00 bits per heavy atom. The van der Waals surface area contributed by atoms with Gasteiger partial charge in [-0.2, -0.15) is 0 Å². The Balaban J connectivity index is 2.64. The van der Waals surface area contributed by atoms with E-state index in [0.29, 0.717) is 0 Å². The summed E-state index contributed by atoms with van der Waals surface area (Å²) >= 11 is 0. The van der Waals surface area contributed by atoms with Crippen molar-refractivity contribution < 1.29 is 18.9 Å². The third-order valence-corrected chi connectivity index (χ3v) is 2.35. The van der Waals surface area contributed by atoms with E-state index < -0.39 is 0 Å². The minimum absolute atomic E-state index is 0.00125. The molecule has 0 saturated carbocycles. The fourth-order valence-corrected chi connectivity index (χ4v) is 1.59. The van der Waals surface area contributed by atoms with Gasteiger partial charge >= 0.3 is 0 Å². The summed E-state index contributed by atoms with van der Waals surface area (Å²) in [5.74, 6) is 0. The van der Waals surface area contributed by atoms with Gasteiger partial charge in [-0.05, 0) is 6.92 Å². The van der Waals surface area contributed by atoms with E-state index in [1.165, 1.54) is 0 Å². The van der Waals surface area contributed by atoms with Gasteiger partial charge in [0.1, 0.15) is 24.9 Å². The molecule has 0 aromatic heterocycles. The van der Waals surface area contributed by atoms with Gasteiger partial charge in [-0.25, -0.2) is 0 Å². The first kappa shape index (κ1) is 10.9. The van der Waals surface area contributed by atoms with Gasteiger partial charge in [0.15, 0.2) is 0 Å². The number of methoxy groups -OCH3 is 3. The molecule has 0 aromatic rings. The molecule has 13 heavy (non-hydrogen) atoms. The lowest BCUT2D eigenvalue weighted by Crippen LogP contribution is -2.52. The Morgan fingerprint density at radius 2 is 1.62 bits per heavy atom. The first-order chi connectivity index (χ1) is 6.24. The summed E-state index contributed by atoms with van der Waals surface area (Å²) < 4.78 is 21.1. The molecule has 0 aromatic carbocycles. The minimum Gasteiger partial charge on any atom is -0.376 e. The largest absolute Gasteiger partial charge is 0.376 e. The molecule has 1 heterocycles. The summed E-state index contributed by atoms with van der Waals surface area (Å²) in [6, 6.07) is 0. The number of hydrogen-bond acceptors (Lipinski definition) is 4. The maximum atomic E-state index is 5.36. The van der Waals surface area contributed by atoms with Crippen LogP contribution in [0.4, 0.5) is 0 Å². The molecule has 1 aliphatic rings. The average Bonchev–Trinajstić information content (AvgIpc) is 2.17. The quantitative estimate of drug-likeness (QED) is 0.652. The van der Waals surface area contributed by atoms with Crippen LogP contribution in [0.3, 0.4) is 0 Å². The first-order valence-electron chi connectivity index (χ1n) is 4.31. The highest BCUT2D eigenvalue weighted by Gasteiger charge is 2.39. The van der Waals surface area contributed by atoms with Gasteiger partial charge in [0.05, 0.1) is 6.10 Å². The molecule has 4 heteroatoms. The molecule has 1 radical (unpaired) electrons. The zero-order valence-corrected chi connectivity index (χ0v) is 8.52. The molecule has 0 aliphatic carbocycles. The van der Waals surface area contributed by atoms with E-state index in [9.17, 15) is 0 Å². The summed E-state index contributed by atoms with van der Waals surface area (Å²) in [5, 5.41) is 0. The Bertz CT molecular complexity index is 151. The molecule has 3 unspecified atom stereocenters. The van der Waals surface area contributed by atoms with Crippen LogP contribution in [-0.2, 0) is 18.9 Å². The van der Waals surface area contributed by atoms with E-state index in [0.717, 1.165) is 0 Å². The molecular formula is C9H17O4. The van der Waals surface area contributed by atoms with E-state index in [1.807, 2.05) is 6.92 Å². The Kier molecular flexibility index (Phi) is 4.12. The maximum Gasteiger partial charge on any atom is 0.116 e. The zero-order chi connectivity index (χ0) is 9.84. The molecule has 1 fully saturated rings. The third-order valence-electron chi connectivity index (χ3n) is 2.35. The van der Waals surface area contributed by atoms with Crippen molar-refractivity contribution in [2.45, 2.75) is 31.3 Å². The minimum atomic E-state index is -0.161. The molecule has 4 nitrogen and oxygen atoms in total. The van der Waals surface area contributed by atoms with Crippen LogP contribution in [0, 0.1) is 6.61 Å². The van der Waals surface area contributed by atoms with Gasteiger partial charge < -0.3 is 18.9 Å². The summed E-state index contributed by atoms with van der Waals surface area (Å²) in [6.45, 7) is 3.61. The standard InChI is InChI=1S/C9H17O4/c1-6-8(11-3)9(12-4)7(10-2)5-13-6/h5-9H,1-4H3/t6?,7?,8-,9?/m0/s1. The van der Waals surface area contributed by atoms with Gasteiger partial charge in [-0.15, -0.1) is 0 Å². The van der Waals surface area contributed by atoms with Gasteiger partial charge in [0.2, 0.25) is 0 Å². The normalized spacial score (nSPS) is 40.6. The summed E-state index contributed by atoms with van der Waals surface area (Å²) in [5.41, 5.74) is 0. The number of rotatable bonds is 3. The van der Waals surface area contributed by atoms with Crippen molar-refractivity contribution in [2.75, 3.05) is 21.3 Å². The van der Waals surface area contributed by atoms with Crippen molar-refractivity contribution in [3.63, 3.8) is 0 Å². The Labute approximate surface area is 79.1 Å². The van der Waals surface area contributed by atoms with Gasteiger partial charge in [0, 0.05) is 21.3 Å². The molecule has 0 N–H and O–H groups in total. The monoisotopic (exact) mass is 189 g/mol. The van der Waals surface area contributed by atoms with Crippen LogP contribution in [0.25, 0.3) is 0 Å². The molecule has 4 atom stereocenters. The maximum absolute atomic E-state index is 5.36. The first-order valence-corrected chi connectivity index (χ1v) is 4.31. The van der Waals surface area contributed by atoms with E-state index in [2.05, 4.69) is 0 Å². The van der Waals surface area contributed by atoms with Crippen molar-refractivity contribution >= 4 is 0 Å². The van der Waals surface area contributed by atoms with E-state index in [-0.39, 0.29) is 24.4 Å². The van der Waals surface area contributed by atoms with Crippen molar-refractivity contribution in [3.8, 4) is 0 Å². The molecule has 1 rings (SSSR count). The van der Waals surface area contributed by atoms with Crippen LogP contribution in [-0.4, -0.2) is 45.7 Å². The molecule has 0 amide bonds. The lowest BCUT2D eigenvalue weighted by molar-refractivity contribution is -0.183. The van der Waals surface area contributed by atoms with Crippen LogP contribution < -0.4 is 0 Å². The second-order valence-corrected chi connectivity index (χ2v) is 3.08. The molecule has 77 valence electrons. The van der Waals surface area contributed by atoms with Crippen LogP contribution in [0.15, 0.2) is 0 Å². The predicted octanol–water partition coefficient (Wildman–Crippen LogP) is 0.612. The summed E-state index contributed by atoms with van der Waals surface area (Å²) in [4.78, 5) is 0. The van der Waals surface area contributed by atoms with Crippen LogP contribution in [0.5, 0.6) is 0 Å². The Hall–Kier alpha value is -0.160. The molecular weight excluding hydrogens is 172 g/mol.